The molecule has 0 fully saturated rings. The van der Waals surface area contributed by atoms with Crippen LogP contribution in [0.2, 0.25) is 0 Å². The second-order valence-corrected chi connectivity index (χ2v) is 7.15. The first-order chi connectivity index (χ1) is 11.8. The van der Waals surface area contributed by atoms with E-state index in [1.807, 2.05) is 51.2 Å². The number of hydrogen-bond donors (Lipinski definition) is 2. The van der Waals surface area contributed by atoms with Crippen LogP contribution in [0.25, 0.3) is 10.9 Å². The maximum absolute atomic E-state index is 12.0. The number of rotatable bonds is 5. The Labute approximate surface area is 146 Å². The lowest BCUT2D eigenvalue weighted by molar-refractivity contribution is 0.0883. The van der Waals surface area contributed by atoms with E-state index in [1.165, 1.54) is 10.7 Å². The molecule has 0 saturated carbocycles. The number of nitrogens with one attached hydrogen (secondary N) is 1. The van der Waals surface area contributed by atoms with Crippen LogP contribution in [0.3, 0.4) is 0 Å². The molecule has 6 heteroatoms. The zero-order valence-corrected chi connectivity index (χ0v) is 14.7. The fourth-order valence-electron chi connectivity index (χ4n) is 2.60. The Bertz CT molecular complexity index is 921. The number of fused-ring (bicyclic) bond motifs is 1. The third kappa shape index (κ3) is 3.91. The zero-order valence-electron chi connectivity index (χ0n) is 14.7. The number of aliphatic hydroxyl groups is 1. The first-order valence-electron chi connectivity index (χ1n) is 8.30. The van der Waals surface area contributed by atoms with Crippen molar-refractivity contribution in [2.45, 2.75) is 38.8 Å². The fraction of sp³-hybridized carbons (Fsp3) is 0.368. The molecule has 3 aromatic rings. The monoisotopic (exact) mass is 341 g/mol. The van der Waals surface area contributed by atoms with Gasteiger partial charge in [0.1, 0.15) is 18.5 Å². The predicted molar refractivity (Wildman–Crippen MR) is 97.0 cm³/mol. The van der Waals surface area contributed by atoms with E-state index < -0.39 is 6.10 Å². The van der Waals surface area contributed by atoms with Gasteiger partial charge in [-0.25, -0.2) is 4.68 Å². The number of hydrogen-bond acceptors (Lipinski definition) is 4. The van der Waals surface area contributed by atoms with Crippen LogP contribution in [-0.4, -0.2) is 32.6 Å². The van der Waals surface area contributed by atoms with Gasteiger partial charge >= 0.3 is 0 Å². The average molecular weight is 341 g/mol. The summed E-state index contributed by atoms with van der Waals surface area (Å²) in [7, 11) is 0. The van der Waals surface area contributed by atoms with Crippen LogP contribution in [-0.2, 0) is 12.0 Å². The summed E-state index contributed by atoms with van der Waals surface area (Å²) in [6.45, 7) is 6.26. The third-order valence-corrected chi connectivity index (χ3v) is 4.00. The van der Waals surface area contributed by atoms with E-state index in [0.29, 0.717) is 5.75 Å². The topological polar surface area (TPSA) is 80.1 Å². The molecule has 0 radical (unpaired) electrons. The number of H-pyrrole nitrogens is 1. The molecule has 6 nitrogen and oxygen atoms in total. The van der Waals surface area contributed by atoms with Crippen LogP contribution < -0.4 is 10.3 Å². The molecule has 0 spiro atoms. The van der Waals surface area contributed by atoms with Crippen LogP contribution in [0.1, 0.15) is 26.5 Å². The van der Waals surface area contributed by atoms with Gasteiger partial charge in [-0.15, -0.1) is 0 Å². The molecule has 25 heavy (non-hydrogen) atoms. The van der Waals surface area contributed by atoms with Gasteiger partial charge in [0.25, 0.3) is 5.56 Å². The van der Waals surface area contributed by atoms with Gasteiger partial charge in [-0.2, -0.15) is 5.10 Å². The molecule has 0 aliphatic rings. The van der Waals surface area contributed by atoms with E-state index in [0.717, 1.165) is 16.6 Å². The molecule has 0 aliphatic heterocycles. The molecule has 0 amide bonds. The van der Waals surface area contributed by atoms with E-state index in [9.17, 15) is 9.90 Å². The van der Waals surface area contributed by atoms with Crippen molar-refractivity contribution in [2.24, 2.45) is 0 Å². The standard InChI is InChI=1S/C19H23N3O3/c1-19(2,3)17-7-8-18(24)22(21-17)11-13(23)12-25-16-6-4-5-15-14(16)9-10-20-15/h4-10,13,20,23H,11-12H2,1-3H3. The number of aromatic amines is 1. The van der Waals surface area contributed by atoms with Crippen LogP contribution in [0.5, 0.6) is 5.75 Å². The first kappa shape index (κ1) is 17.2. The summed E-state index contributed by atoms with van der Waals surface area (Å²) in [6.07, 6.45) is 1.00. The maximum atomic E-state index is 12.0. The summed E-state index contributed by atoms with van der Waals surface area (Å²) < 4.78 is 7.03. The lowest BCUT2D eigenvalue weighted by Gasteiger charge is -2.19. The largest absolute Gasteiger partial charge is 0.490 e. The van der Waals surface area contributed by atoms with E-state index in [4.69, 9.17) is 4.74 Å². The lowest BCUT2D eigenvalue weighted by Crippen LogP contribution is -2.33. The van der Waals surface area contributed by atoms with Gasteiger partial charge in [0.05, 0.1) is 12.2 Å². The third-order valence-electron chi connectivity index (χ3n) is 4.00. The van der Waals surface area contributed by atoms with Crippen LogP contribution >= 0.6 is 0 Å². The highest BCUT2D eigenvalue weighted by atomic mass is 16.5. The van der Waals surface area contributed by atoms with Gasteiger partial charge in [-0.1, -0.05) is 26.8 Å². The minimum absolute atomic E-state index is 0.0815. The molecule has 3 rings (SSSR count). The molecule has 2 heterocycles. The Balaban J connectivity index is 1.70. The van der Waals surface area contributed by atoms with Crippen molar-refractivity contribution in [3.05, 3.63) is 58.6 Å². The number of benzene rings is 1. The van der Waals surface area contributed by atoms with E-state index >= 15 is 0 Å². The molecular weight excluding hydrogens is 318 g/mol. The van der Waals surface area contributed by atoms with Crippen molar-refractivity contribution in [2.75, 3.05) is 6.61 Å². The van der Waals surface area contributed by atoms with Gasteiger partial charge in [0, 0.05) is 28.6 Å². The normalized spacial score (nSPS) is 13.1. The molecule has 1 aromatic carbocycles. The highest BCUT2D eigenvalue weighted by Gasteiger charge is 2.18. The number of aromatic nitrogens is 3. The van der Waals surface area contributed by atoms with Crippen molar-refractivity contribution in [3.63, 3.8) is 0 Å². The fourth-order valence-corrected chi connectivity index (χ4v) is 2.60. The molecule has 0 aliphatic carbocycles. The second kappa shape index (κ2) is 6.72. The van der Waals surface area contributed by atoms with Crippen molar-refractivity contribution < 1.29 is 9.84 Å². The molecule has 1 unspecified atom stereocenters. The maximum Gasteiger partial charge on any atom is 0.266 e. The van der Waals surface area contributed by atoms with E-state index in [1.54, 1.807) is 6.07 Å². The predicted octanol–water partition coefficient (Wildman–Crippen LogP) is 2.46. The van der Waals surface area contributed by atoms with E-state index in [-0.39, 0.29) is 24.1 Å². The van der Waals surface area contributed by atoms with Crippen LogP contribution in [0.4, 0.5) is 0 Å². The van der Waals surface area contributed by atoms with Gasteiger partial charge in [0.15, 0.2) is 0 Å². The number of aliphatic hydroxyl groups excluding tert-OH is 1. The highest BCUT2D eigenvalue weighted by Crippen LogP contribution is 2.24. The molecule has 2 N–H and O–H groups in total. The summed E-state index contributed by atoms with van der Waals surface area (Å²) in [6, 6.07) is 10.8. The summed E-state index contributed by atoms with van der Waals surface area (Å²) in [5.74, 6) is 0.696. The van der Waals surface area contributed by atoms with Crippen molar-refractivity contribution in [1.29, 1.82) is 0 Å². The minimum atomic E-state index is -0.838. The average Bonchev–Trinajstić information content (AvgIpc) is 3.03. The quantitative estimate of drug-likeness (QED) is 0.747. The molecule has 2 aromatic heterocycles. The van der Waals surface area contributed by atoms with Gasteiger partial charge in [0.2, 0.25) is 0 Å². The van der Waals surface area contributed by atoms with Crippen LogP contribution in [0.15, 0.2) is 47.4 Å². The van der Waals surface area contributed by atoms with Gasteiger partial charge in [-0.3, -0.25) is 4.79 Å². The highest BCUT2D eigenvalue weighted by molar-refractivity contribution is 5.85. The molecule has 132 valence electrons. The summed E-state index contributed by atoms with van der Waals surface area (Å²) >= 11 is 0. The SMILES string of the molecule is CC(C)(C)c1ccc(=O)n(CC(O)COc2cccc3[nH]ccc23)n1. The Hall–Kier alpha value is -2.60. The van der Waals surface area contributed by atoms with Crippen molar-refractivity contribution >= 4 is 10.9 Å². The summed E-state index contributed by atoms with van der Waals surface area (Å²) in [5.41, 5.74) is 1.38. The molecule has 0 saturated heterocycles. The van der Waals surface area contributed by atoms with Crippen LogP contribution in [0, 0.1) is 0 Å². The second-order valence-electron chi connectivity index (χ2n) is 7.15. The van der Waals surface area contributed by atoms with Gasteiger partial charge in [-0.05, 0) is 24.3 Å². The van der Waals surface area contributed by atoms with E-state index in [2.05, 4.69) is 10.1 Å². The van der Waals surface area contributed by atoms with Crippen molar-refractivity contribution in [3.8, 4) is 5.75 Å². The Morgan fingerprint density at radius 3 is 2.80 bits per heavy atom. The Morgan fingerprint density at radius 1 is 1.24 bits per heavy atom. The summed E-state index contributed by atoms with van der Waals surface area (Å²) in [5, 5.41) is 15.6. The lowest BCUT2D eigenvalue weighted by atomic mass is 9.92. The van der Waals surface area contributed by atoms with Gasteiger partial charge < -0.3 is 14.8 Å². The number of ether oxygens (including phenoxy) is 1. The smallest absolute Gasteiger partial charge is 0.266 e. The first-order valence-corrected chi connectivity index (χ1v) is 8.30. The Kier molecular flexibility index (Phi) is 4.63. The van der Waals surface area contributed by atoms with Crippen molar-refractivity contribution in [1.82, 2.24) is 14.8 Å². The summed E-state index contributed by atoms with van der Waals surface area (Å²) in [4.78, 5) is 15.1. The zero-order chi connectivity index (χ0) is 18.0. The Morgan fingerprint density at radius 2 is 2.04 bits per heavy atom. The minimum Gasteiger partial charge on any atom is -0.490 e. The number of nitrogens with zero attached hydrogens (tertiary/aromatic N) is 2. The molecule has 1 atom stereocenters. The molecular formula is C19H23N3O3. The molecule has 0 bridgehead atoms.